The number of rotatable bonds is 1. The summed E-state index contributed by atoms with van der Waals surface area (Å²) in [5.74, 6) is -0.244. The van der Waals surface area contributed by atoms with E-state index in [2.05, 4.69) is 20.9 Å². The van der Waals surface area contributed by atoms with E-state index in [1.165, 1.54) is 0 Å². The Balaban J connectivity index is 2.14. The Morgan fingerprint density at radius 1 is 1.05 bits per heavy atom. The summed E-state index contributed by atoms with van der Waals surface area (Å²) < 4.78 is 0.811. The number of carbonyl (C=O) groups excluding carboxylic acids is 2. The molecule has 2 heterocycles. The number of halogens is 1. The van der Waals surface area contributed by atoms with Gasteiger partial charge in [-0.1, -0.05) is 11.6 Å². The summed E-state index contributed by atoms with van der Waals surface area (Å²) in [4.78, 5) is 30.2. The third kappa shape index (κ3) is 1.86. The van der Waals surface area contributed by atoms with E-state index < -0.39 is 0 Å². The fraction of sp³-hybridized carbons (Fsp3) is 0.133. The first-order valence-electron chi connectivity index (χ1n) is 6.10. The minimum atomic E-state index is -0.317. The molecule has 4 nitrogen and oxygen atoms in total. The van der Waals surface area contributed by atoms with Gasteiger partial charge in [0, 0.05) is 10.7 Å². The summed E-state index contributed by atoms with van der Waals surface area (Å²) in [5.41, 5.74) is 2.60. The molecule has 2 aromatic rings. The number of fused-ring (bicyclic) bond motifs is 1. The summed E-state index contributed by atoms with van der Waals surface area (Å²) in [7, 11) is 0. The first kappa shape index (κ1) is 13.0. The summed E-state index contributed by atoms with van der Waals surface area (Å²) in [6.45, 7) is 3.71. The van der Waals surface area contributed by atoms with Crippen LogP contribution in [0.4, 0.5) is 5.82 Å². The minimum Gasteiger partial charge on any atom is -0.268 e. The van der Waals surface area contributed by atoms with Crippen LogP contribution in [0.2, 0.25) is 0 Å². The normalized spacial score (nSPS) is 13.8. The molecule has 0 fully saturated rings. The average molecular weight is 331 g/mol. The van der Waals surface area contributed by atoms with Gasteiger partial charge in [-0.15, -0.1) is 0 Å². The number of benzene rings is 1. The molecular formula is C15H11BrN2O2. The monoisotopic (exact) mass is 330 g/mol. The van der Waals surface area contributed by atoms with Gasteiger partial charge in [0.2, 0.25) is 0 Å². The van der Waals surface area contributed by atoms with E-state index in [4.69, 9.17) is 0 Å². The highest BCUT2D eigenvalue weighted by Crippen LogP contribution is 2.30. The molecule has 1 aliphatic heterocycles. The molecule has 1 aromatic heterocycles. The number of nitrogens with zero attached hydrogens (tertiary/aromatic N) is 2. The number of anilines is 1. The lowest BCUT2D eigenvalue weighted by atomic mass is 10.1. The van der Waals surface area contributed by atoms with Gasteiger partial charge in [-0.2, -0.15) is 0 Å². The van der Waals surface area contributed by atoms with E-state index in [0.717, 1.165) is 20.5 Å². The van der Waals surface area contributed by atoms with E-state index >= 15 is 0 Å². The zero-order valence-corrected chi connectivity index (χ0v) is 12.6. The van der Waals surface area contributed by atoms with Crippen molar-refractivity contribution in [1.29, 1.82) is 0 Å². The molecule has 100 valence electrons. The van der Waals surface area contributed by atoms with Crippen molar-refractivity contribution in [1.82, 2.24) is 4.98 Å². The maximum absolute atomic E-state index is 12.5. The smallest absolute Gasteiger partial charge is 0.267 e. The molecule has 0 bridgehead atoms. The zero-order valence-electron chi connectivity index (χ0n) is 11.0. The van der Waals surface area contributed by atoms with Crippen LogP contribution in [0.25, 0.3) is 0 Å². The summed E-state index contributed by atoms with van der Waals surface area (Å²) in [5, 5.41) is 0. The largest absolute Gasteiger partial charge is 0.268 e. The molecule has 0 radical (unpaired) electrons. The molecule has 0 unspecified atom stereocenters. The highest BCUT2D eigenvalue weighted by Gasteiger charge is 2.38. The van der Waals surface area contributed by atoms with E-state index in [0.29, 0.717) is 16.9 Å². The molecular weight excluding hydrogens is 320 g/mol. The minimum absolute atomic E-state index is 0.313. The van der Waals surface area contributed by atoms with Crippen molar-refractivity contribution in [3.63, 3.8) is 0 Å². The molecule has 0 saturated heterocycles. The van der Waals surface area contributed by atoms with Crippen molar-refractivity contribution >= 4 is 33.6 Å². The predicted octanol–water partition coefficient (Wildman–Crippen LogP) is 3.26. The highest BCUT2D eigenvalue weighted by molar-refractivity contribution is 9.10. The van der Waals surface area contributed by atoms with Crippen LogP contribution in [0.15, 0.2) is 34.9 Å². The maximum atomic E-state index is 12.5. The van der Waals surface area contributed by atoms with Crippen molar-refractivity contribution < 1.29 is 9.59 Å². The molecule has 20 heavy (non-hydrogen) atoms. The van der Waals surface area contributed by atoms with Crippen molar-refractivity contribution in [3.8, 4) is 0 Å². The molecule has 0 saturated carbocycles. The Hall–Kier alpha value is -2.01. The SMILES string of the molecule is Cc1ccc2c(c1)C(=O)N(c1ncc(Br)cc1C)C2=O. The van der Waals surface area contributed by atoms with Crippen molar-refractivity contribution in [2.75, 3.05) is 4.90 Å². The van der Waals surface area contributed by atoms with Gasteiger partial charge in [0.25, 0.3) is 11.8 Å². The van der Waals surface area contributed by atoms with E-state index in [-0.39, 0.29) is 11.8 Å². The van der Waals surface area contributed by atoms with Crippen LogP contribution in [-0.4, -0.2) is 16.8 Å². The quantitative estimate of drug-likeness (QED) is 0.754. The van der Waals surface area contributed by atoms with Crippen molar-refractivity contribution in [3.05, 3.63) is 57.2 Å². The number of aromatic nitrogens is 1. The third-order valence-corrected chi connectivity index (χ3v) is 3.70. The zero-order chi connectivity index (χ0) is 14.4. The van der Waals surface area contributed by atoms with E-state index in [1.807, 2.05) is 26.0 Å². The van der Waals surface area contributed by atoms with Crippen LogP contribution >= 0.6 is 15.9 Å². The fourth-order valence-electron chi connectivity index (χ4n) is 2.31. The van der Waals surface area contributed by atoms with Gasteiger partial charge in [0.15, 0.2) is 0 Å². The van der Waals surface area contributed by atoms with Crippen LogP contribution < -0.4 is 4.90 Å². The summed E-state index contributed by atoms with van der Waals surface area (Å²) >= 11 is 3.32. The van der Waals surface area contributed by atoms with Crippen molar-refractivity contribution in [2.24, 2.45) is 0 Å². The number of hydrogen-bond acceptors (Lipinski definition) is 3. The topological polar surface area (TPSA) is 50.3 Å². The Kier molecular flexibility index (Phi) is 2.94. The third-order valence-electron chi connectivity index (χ3n) is 3.27. The van der Waals surface area contributed by atoms with Crippen LogP contribution in [0.1, 0.15) is 31.8 Å². The van der Waals surface area contributed by atoms with E-state index in [9.17, 15) is 9.59 Å². The maximum Gasteiger partial charge on any atom is 0.267 e. The Bertz CT molecular complexity index is 756. The molecule has 0 N–H and O–H groups in total. The number of amides is 2. The summed E-state index contributed by atoms with van der Waals surface area (Å²) in [6, 6.07) is 7.09. The van der Waals surface area contributed by atoms with Crippen LogP contribution in [0.3, 0.4) is 0 Å². The lowest BCUT2D eigenvalue weighted by molar-refractivity contribution is 0.0925. The van der Waals surface area contributed by atoms with Gasteiger partial charge in [-0.05, 0) is 53.5 Å². The van der Waals surface area contributed by atoms with Gasteiger partial charge in [0.05, 0.1) is 11.1 Å². The fourth-order valence-corrected chi connectivity index (χ4v) is 2.76. The van der Waals surface area contributed by atoms with Crippen LogP contribution in [0.5, 0.6) is 0 Å². The lowest BCUT2D eigenvalue weighted by Crippen LogP contribution is -2.30. The van der Waals surface area contributed by atoms with Gasteiger partial charge >= 0.3 is 0 Å². The second-order valence-corrected chi connectivity index (χ2v) is 5.70. The van der Waals surface area contributed by atoms with Gasteiger partial charge < -0.3 is 0 Å². The molecule has 1 aliphatic rings. The van der Waals surface area contributed by atoms with Gasteiger partial charge in [-0.25, -0.2) is 9.88 Å². The van der Waals surface area contributed by atoms with Crippen molar-refractivity contribution in [2.45, 2.75) is 13.8 Å². The Labute approximate surface area is 124 Å². The molecule has 5 heteroatoms. The number of aryl methyl sites for hydroxylation is 2. The number of carbonyl (C=O) groups is 2. The first-order valence-corrected chi connectivity index (χ1v) is 6.90. The van der Waals surface area contributed by atoms with Crippen LogP contribution in [-0.2, 0) is 0 Å². The Morgan fingerprint density at radius 2 is 1.75 bits per heavy atom. The lowest BCUT2D eigenvalue weighted by Gasteiger charge is -2.15. The molecule has 0 spiro atoms. The first-order chi connectivity index (χ1) is 9.49. The molecule has 0 atom stereocenters. The number of pyridine rings is 1. The molecule has 3 rings (SSSR count). The number of hydrogen-bond donors (Lipinski definition) is 0. The van der Waals surface area contributed by atoms with E-state index in [1.54, 1.807) is 18.3 Å². The number of imide groups is 1. The van der Waals surface area contributed by atoms with Gasteiger partial charge in [0.1, 0.15) is 5.82 Å². The standard InChI is InChI=1S/C15H11BrN2O2/c1-8-3-4-11-12(5-8)15(20)18(14(11)19)13-9(2)6-10(16)7-17-13/h3-7H,1-2H3. The Morgan fingerprint density at radius 3 is 2.45 bits per heavy atom. The second-order valence-electron chi connectivity index (χ2n) is 4.79. The second kappa shape index (κ2) is 4.52. The summed E-state index contributed by atoms with van der Waals surface area (Å²) in [6.07, 6.45) is 1.58. The van der Waals surface area contributed by atoms with Gasteiger partial charge in [-0.3, -0.25) is 9.59 Å². The predicted molar refractivity (Wildman–Crippen MR) is 79.0 cm³/mol. The average Bonchev–Trinajstić information content (AvgIpc) is 2.63. The van der Waals surface area contributed by atoms with Crippen LogP contribution in [0, 0.1) is 13.8 Å². The molecule has 1 aromatic carbocycles. The molecule has 2 amide bonds. The molecule has 0 aliphatic carbocycles. The highest BCUT2D eigenvalue weighted by atomic mass is 79.9.